The van der Waals surface area contributed by atoms with Crippen LogP contribution in [0.1, 0.15) is 19.3 Å². The zero-order chi connectivity index (χ0) is 9.68. The molecule has 2 amide bonds. The van der Waals surface area contributed by atoms with E-state index in [0.717, 1.165) is 24.3 Å². The molecule has 5 heteroatoms. The van der Waals surface area contributed by atoms with Crippen LogP contribution in [0, 0.1) is 4.91 Å². The molecule has 0 saturated carbocycles. The van der Waals surface area contributed by atoms with Crippen LogP contribution in [0.2, 0.25) is 0 Å². The molecule has 1 N–H and O–H groups in total. The molecule has 0 radical (unpaired) electrons. The molecular formula is C8H13N3O2. The van der Waals surface area contributed by atoms with Gasteiger partial charge in [0.25, 0.3) is 0 Å². The van der Waals surface area contributed by atoms with Crippen molar-refractivity contribution in [3.63, 3.8) is 0 Å². The molecule has 1 atom stereocenters. The van der Waals surface area contributed by atoms with Crippen molar-refractivity contribution in [1.82, 2.24) is 10.3 Å². The van der Waals surface area contributed by atoms with Crippen LogP contribution in [0.4, 0.5) is 4.79 Å². The first-order valence-corrected chi connectivity index (χ1v) is 4.28. The lowest BCUT2D eigenvalue weighted by molar-refractivity contribution is 0.207. The van der Waals surface area contributed by atoms with E-state index < -0.39 is 6.03 Å². The van der Waals surface area contributed by atoms with E-state index in [0.29, 0.717) is 0 Å². The normalized spacial score (nSPS) is 20.8. The van der Waals surface area contributed by atoms with E-state index in [-0.39, 0.29) is 6.04 Å². The van der Waals surface area contributed by atoms with Crippen LogP contribution in [-0.4, -0.2) is 24.1 Å². The van der Waals surface area contributed by atoms with Crippen molar-refractivity contribution in [2.75, 3.05) is 7.05 Å². The Morgan fingerprint density at radius 3 is 3.00 bits per heavy atom. The molecule has 0 spiro atoms. The van der Waals surface area contributed by atoms with Crippen LogP contribution < -0.4 is 5.32 Å². The highest BCUT2D eigenvalue weighted by Crippen LogP contribution is 2.10. The molecule has 0 bridgehead atoms. The molecule has 0 heterocycles. The Hall–Kier alpha value is -1.39. The highest BCUT2D eigenvalue weighted by molar-refractivity contribution is 5.74. The second-order valence-corrected chi connectivity index (χ2v) is 3.02. The Kier molecular flexibility index (Phi) is 3.42. The van der Waals surface area contributed by atoms with Gasteiger partial charge in [-0.2, -0.15) is 5.01 Å². The minimum Gasteiger partial charge on any atom is -0.330 e. The molecule has 13 heavy (non-hydrogen) atoms. The van der Waals surface area contributed by atoms with Gasteiger partial charge < -0.3 is 5.32 Å². The van der Waals surface area contributed by atoms with Gasteiger partial charge >= 0.3 is 6.03 Å². The van der Waals surface area contributed by atoms with Gasteiger partial charge in [0.15, 0.2) is 0 Å². The third kappa shape index (κ3) is 2.85. The molecule has 0 aromatic rings. The van der Waals surface area contributed by atoms with Gasteiger partial charge in [0.1, 0.15) is 0 Å². The fourth-order valence-electron chi connectivity index (χ4n) is 1.22. The molecule has 1 aliphatic carbocycles. The van der Waals surface area contributed by atoms with Gasteiger partial charge in [0.2, 0.25) is 0 Å². The van der Waals surface area contributed by atoms with Crippen LogP contribution in [0.5, 0.6) is 0 Å². The van der Waals surface area contributed by atoms with Crippen LogP contribution in [-0.2, 0) is 0 Å². The largest absolute Gasteiger partial charge is 0.340 e. The molecule has 0 aromatic heterocycles. The second-order valence-electron chi connectivity index (χ2n) is 3.02. The van der Waals surface area contributed by atoms with E-state index >= 15 is 0 Å². The number of hydrogen-bond acceptors (Lipinski definition) is 3. The first-order valence-electron chi connectivity index (χ1n) is 4.28. The molecule has 0 saturated heterocycles. The first kappa shape index (κ1) is 9.70. The minimum atomic E-state index is -0.452. The maximum Gasteiger partial charge on any atom is 0.340 e. The van der Waals surface area contributed by atoms with Crippen molar-refractivity contribution in [2.45, 2.75) is 25.3 Å². The lowest BCUT2D eigenvalue weighted by Crippen LogP contribution is -2.40. The second kappa shape index (κ2) is 4.59. The molecule has 1 aliphatic rings. The predicted molar refractivity (Wildman–Crippen MR) is 48.9 cm³/mol. The molecule has 5 nitrogen and oxygen atoms in total. The Labute approximate surface area is 76.7 Å². The van der Waals surface area contributed by atoms with Crippen molar-refractivity contribution in [1.29, 1.82) is 0 Å². The molecule has 0 aromatic carbocycles. The van der Waals surface area contributed by atoms with Gasteiger partial charge in [0, 0.05) is 13.1 Å². The van der Waals surface area contributed by atoms with E-state index in [2.05, 4.69) is 10.6 Å². The van der Waals surface area contributed by atoms with Gasteiger partial charge in [0.05, 0.1) is 5.29 Å². The number of amides is 2. The highest BCUT2D eigenvalue weighted by atomic mass is 16.3. The maximum atomic E-state index is 11.1. The fourth-order valence-corrected chi connectivity index (χ4v) is 1.22. The van der Waals surface area contributed by atoms with Gasteiger partial charge in [-0.25, -0.2) is 4.79 Å². The Morgan fingerprint density at radius 1 is 1.69 bits per heavy atom. The summed E-state index contributed by atoms with van der Waals surface area (Å²) in [6, 6.07) is -0.406. The molecule has 1 rings (SSSR count). The zero-order valence-corrected chi connectivity index (χ0v) is 7.56. The number of allylic oxidation sites excluding steroid dienone is 1. The topological polar surface area (TPSA) is 61.8 Å². The van der Waals surface area contributed by atoms with Crippen LogP contribution in [0.15, 0.2) is 17.4 Å². The van der Waals surface area contributed by atoms with Crippen molar-refractivity contribution < 1.29 is 4.79 Å². The van der Waals surface area contributed by atoms with Crippen molar-refractivity contribution in [3.05, 3.63) is 17.1 Å². The van der Waals surface area contributed by atoms with E-state index in [1.165, 1.54) is 7.05 Å². The quantitative estimate of drug-likeness (QED) is 0.400. The third-order valence-corrected chi connectivity index (χ3v) is 1.98. The number of carbonyl (C=O) groups excluding carboxylic acids is 1. The lowest BCUT2D eigenvalue weighted by atomic mass is 10.0. The smallest absolute Gasteiger partial charge is 0.330 e. The van der Waals surface area contributed by atoms with Crippen LogP contribution in [0.25, 0.3) is 0 Å². The standard InChI is InChI=1S/C8H13N3O2/c1-11(10-13)8(12)9-7-5-3-2-4-6-7/h3,5,7H,2,4,6H2,1H3,(H,9,12). The summed E-state index contributed by atoms with van der Waals surface area (Å²) in [4.78, 5) is 21.1. The molecule has 72 valence electrons. The zero-order valence-electron chi connectivity index (χ0n) is 7.56. The number of nitroso groups, excluding NO2 is 1. The number of nitrogens with zero attached hydrogens (tertiary/aromatic N) is 2. The minimum absolute atomic E-state index is 0.0467. The average molecular weight is 183 g/mol. The van der Waals surface area contributed by atoms with Gasteiger partial charge in [-0.3, -0.25) is 0 Å². The summed E-state index contributed by atoms with van der Waals surface area (Å²) in [6.07, 6.45) is 7.03. The Morgan fingerprint density at radius 2 is 2.46 bits per heavy atom. The molecular weight excluding hydrogens is 170 g/mol. The van der Waals surface area contributed by atoms with Crippen LogP contribution >= 0.6 is 0 Å². The fraction of sp³-hybridized carbons (Fsp3) is 0.625. The monoisotopic (exact) mass is 183 g/mol. The summed E-state index contributed by atoms with van der Waals surface area (Å²) < 4.78 is 0. The molecule has 1 unspecified atom stereocenters. The summed E-state index contributed by atoms with van der Waals surface area (Å²) in [5.74, 6) is 0. The Bertz CT molecular complexity index is 227. The van der Waals surface area contributed by atoms with Gasteiger partial charge in [-0.1, -0.05) is 12.2 Å². The summed E-state index contributed by atoms with van der Waals surface area (Å²) in [5.41, 5.74) is 0. The predicted octanol–water partition coefficient (Wildman–Crippen LogP) is 1.42. The summed E-state index contributed by atoms with van der Waals surface area (Å²) in [5, 5.41) is 5.93. The van der Waals surface area contributed by atoms with E-state index in [9.17, 15) is 9.70 Å². The molecule has 0 fully saturated rings. The SMILES string of the molecule is CN(N=O)C(=O)NC1C=CCCC1. The van der Waals surface area contributed by atoms with Crippen molar-refractivity contribution in [3.8, 4) is 0 Å². The maximum absolute atomic E-state index is 11.1. The van der Waals surface area contributed by atoms with E-state index in [4.69, 9.17) is 0 Å². The summed E-state index contributed by atoms with van der Waals surface area (Å²) >= 11 is 0. The number of hydrogen-bond donors (Lipinski definition) is 1. The van der Waals surface area contributed by atoms with Crippen molar-refractivity contribution in [2.24, 2.45) is 5.29 Å². The Balaban J connectivity index is 2.38. The lowest BCUT2D eigenvalue weighted by Gasteiger charge is -2.19. The number of rotatable bonds is 2. The van der Waals surface area contributed by atoms with Gasteiger partial charge in [-0.15, -0.1) is 4.91 Å². The third-order valence-electron chi connectivity index (χ3n) is 1.98. The van der Waals surface area contributed by atoms with Gasteiger partial charge in [-0.05, 0) is 19.3 Å². The average Bonchev–Trinajstić information content (AvgIpc) is 2.18. The number of urea groups is 1. The number of carbonyl (C=O) groups is 1. The first-order chi connectivity index (χ1) is 6.24. The van der Waals surface area contributed by atoms with E-state index in [1.54, 1.807) is 0 Å². The summed E-state index contributed by atoms with van der Waals surface area (Å²) in [6.45, 7) is 0. The summed E-state index contributed by atoms with van der Waals surface area (Å²) in [7, 11) is 1.33. The van der Waals surface area contributed by atoms with Crippen molar-refractivity contribution >= 4 is 6.03 Å². The molecule has 0 aliphatic heterocycles. The highest BCUT2D eigenvalue weighted by Gasteiger charge is 2.14. The van der Waals surface area contributed by atoms with Crippen LogP contribution in [0.3, 0.4) is 0 Å². The van der Waals surface area contributed by atoms with E-state index in [1.807, 2.05) is 12.2 Å². The number of nitrogens with one attached hydrogen (secondary N) is 1.